The zero-order valence-corrected chi connectivity index (χ0v) is 12.2. The number of nitrogens with one attached hydrogen (secondary N) is 1. The van der Waals surface area contributed by atoms with E-state index in [1.54, 1.807) is 5.56 Å². The Kier molecular flexibility index (Phi) is 4.21. The molecule has 2 aliphatic rings. The van der Waals surface area contributed by atoms with Crippen molar-refractivity contribution in [1.82, 2.24) is 15.1 Å². The highest BCUT2D eigenvalue weighted by Crippen LogP contribution is 2.37. The Labute approximate surface area is 116 Å². The molecular formula is C16H27N3. The second-order valence-electron chi connectivity index (χ2n) is 6.34. The third kappa shape index (κ3) is 2.86. The molecule has 0 aromatic carbocycles. The number of nitrogens with zero attached hydrogens (tertiary/aromatic N) is 2. The second-order valence-corrected chi connectivity index (χ2v) is 6.34. The van der Waals surface area contributed by atoms with Crippen LogP contribution in [0.25, 0.3) is 0 Å². The van der Waals surface area contributed by atoms with E-state index in [1.807, 2.05) is 0 Å². The highest BCUT2D eigenvalue weighted by Gasteiger charge is 2.26. The quantitative estimate of drug-likeness (QED) is 0.828. The molecule has 3 heteroatoms. The van der Waals surface area contributed by atoms with Gasteiger partial charge in [-0.3, -0.25) is 4.68 Å². The summed E-state index contributed by atoms with van der Waals surface area (Å²) in [5.41, 5.74) is 3.09. The van der Waals surface area contributed by atoms with Crippen LogP contribution in [-0.2, 0) is 7.05 Å². The van der Waals surface area contributed by atoms with Crippen molar-refractivity contribution in [3.8, 4) is 0 Å². The summed E-state index contributed by atoms with van der Waals surface area (Å²) in [5.74, 6) is 1.45. The smallest absolute Gasteiger partial charge is 0.0527 e. The van der Waals surface area contributed by atoms with E-state index in [0.717, 1.165) is 12.5 Å². The average molecular weight is 261 g/mol. The lowest BCUT2D eigenvalue weighted by molar-refractivity contribution is 0.435. The molecule has 2 fully saturated rings. The fourth-order valence-electron chi connectivity index (χ4n) is 3.95. The summed E-state index contributed by atoms with van der Waals surface area (Å²) in [6, 6.07) is 0. The van der Waals surface area contributed by atoms with Gasteiger partial charge < -0.3 is 5.32 Å². The van der Waals surface area contributed by atoms with Crippen molar-refractivity contribution in [2.24, 2.45) is 7.05 Å². The SMILES string of the molecule is Cn1ncc(C2CCCCCC2)c1C1CCCNC1. The third-order valence-electron chi connectivity index (χ3n) is 4.99. The minimum Gasteiger partial charge on any atom is -0.316 e. The molecule has 1 atom stereocenters. The van der Waals surface area contributed by atoms with Crippen LogP contribution in [-0.4, -0.2) is 22.9 Å². The first-order chi connectivity index (χ1) is 9.36. The van der Waals surface area contributed by atoms with Gasteiger partial charge in [-0.15, -0.1) is 0 Å². The van der Waals surface area contributed by atoms with Crippen LogP contribution < -0.4 is 5.32 Å². The topological polar surface area (TPSA) is 29.9 Å². The Bertz CT molecular complexity index is 396. The van der Waals surface area contributed by atoms with Gasteiger partial charge in [0, 0.05) is 25.2 Å². The number of rotatable bonds is 2. The number of aryl methyl sites for hydroxylation is 1. The van der Waals surface area contributed by atoms with Crippen LogP contribution >= 0.6 is 0 Å². The van der Waals surface area contributed by atoms with Crippen molar-refractivity contribution < 1.29 is 0 Å². The minimum absolute atomic E-state index is 0.680. The van der Waals surface area contributed by atoms with Gasteiger partial charge in [0.2, 0.25) is 0 Å². The third-order valence-corrected chi connectivity index (χ3v) is 4.99. The maximum Gasteiger partial charge on any atom is 0.0527 e. The van der Waals surface area contributed by atoms with Crippen LogP contribution in [0.5, 0.6) is 0 Å². The standard InChI is InChI=1S/C16H27N3/c1-19-16(14-9-6-10-17-11-14)15(12-18-19)13-7-4-2-3-5-8-13/h12-14,17H,2-11H2,1H3. The number of hydrogen-bond acceptors (Lipinski definition) is 2. The second kappa shape index (κ2) is 6.08. The number of hydrogen-bond donors (Lipinski definition) is 1. The van der Waals surface area contributed by atoms with E-state index in [2.05, 4.69) is 28.3 Å². The van der Waals surface area contributed by atoms with Crippen molar-refractivity contribution in [3.63, 3.8) is 0 Å². The first-order valence-corrected chi connectivity index (χ1v) is 8.09. The minimum atomic E-state index is 0.680. The Balaban J connectivity index is 1.84. The summed E-state index contributed by atoms with van der Waals surface area (Å²) in [6.07, 6.45) is 13.2. The molecule has 1 N–H and O–H groups in total. The van der Waals surface area contributed by atoms with Crippen LogP contribution in [0, 0.1) is 0 Å². The van der Waals surface area contributed by atoms with Crippen molar-refractivity contribution >= 4 is 0 Å². The predicted octanol–water partition coefficient (Wildman–Crippen LogP) is 3.32. The van der Waals surface area contributed by atoms with E-state index >= 15 is 0 Å². The van der Waals surface area contributed by atoms with Crippen LogP contribution in [0.2, 0.25) is 0 Å². The van der Waals surface area contributed by atoms with E-state index in [9.17, 15) is 0 Å². The molecule has 0 spiro atoms. The molecule has 1 aliphatic heterocycles. The number of aromatic nitrogens is 2. The lowest BCUT2D eigenvalue weighted by atomic mass is 9.86. The fraction of sp³-hybridized carbons (Fsp3) is 0.812. The van der Waals surface area contributed by atoms with Gasteiger partial charge in [0.1, 0.15) is 0 Å². The molecule has 1 aliphatic carbocycles. The van der Waals surface area contributed by atoms with Crippen molar-refractivity contribution in [3.05, 3.63) is 17.5 Å². The lowest BCUT2D eigenvalue weighted by Crippen LogP contribution is -2.30. The van der Waals surface area contributed by atoms with E-state index in [1.165, 1.54) is 63.6 Å². The first-order valence-electron chi connectivity index (χ1n) is 8.09. The molecule has 19 heavy (non-hydrogen) atoms. The van der Waals surface area contributed by atoms with E-state index in [4.69, 9.17) is 0 Å². The number of piperidine rings is 1. The Hall–Kier alpha value is -0.830. The highest BCUT2D eigenvalue weighted by molar-refractivity contribution is 5.27. The average Bonchev–Trinajstić information content (AvgIpc) is 2.67. The van der Waals surface area contributed by atoms with Gasteiger partial charge in [-0.2, -0.15) is 5.10 Å². The van der Waals surface area contributed by atoms with Crippen LogP contribution in [0.15, 0.2) is 6.20 Å². The Morgan fingerprint density at radius 3 is 2.47 bits per heavy atom. The van der Waals surface area contributed by atoms with Gasteiger partial charge in [-0.05, 0) is 43.7 Å². The molecule has 2 heterocycles. The van der Waals surface area contributed by atoms with Gasteiger partial charge in [0.25, 0.3) is 0 Å². The summed E-state index contributed by atoms with van der Waals surface area (Å²) in [5, 5.41) is 8.14. The summed E-state index contributed by atoms with van der Waals surface area (Å²) in [4.78, 5) is 0. The predicted molar refractivity (Wildman–Crippen MR) is 78.5 cm³/mol. The highest BCUT2D eigenvalue weighted by atomic mass is 15.3. The molecule has 0 radical (unpaired) electrons. The molecule has 1 aromatic heterocycles. The summed E-state index contributed by atoms with van der Waals surface area (Å²) >= 11 is 0. The molecular weight excluding hydrogens is 234 g/mol. The van der Waals surface area contributed by atoms with Gasteiger partial charge in [0.05, 0.1) is 6.20 Å². The molecule has 1 aromatic rings. The Morgan fingerprint density at radius 1 is 1.05 bits per heavy atom. The van der Waals surface area contributed by atoms with Crippen LogP contribution in [0.3, 0.4) is 0 Å². The fourth-order valence-corrected chi connectivity index (χ4v) is 3.95. The Morgan fingerprint density at radius 2 is 1.79 bits per heavy atom. The molecule has 1 unspecified atom stereocenters. The van der Waals surface area contributed by atoms with Crippen molar-refractivity contribution in [2.75, 3.05) is 13.1 Å². The van der Waals surface area contributed by atoms with Gasteiger partial charge in [0.15, 0.2) is 0 Å². The normalized spacial score (nSPS) is 26.3. The maximum absolute atomic E-state index is 4.59. The molecule has 0 amide bonds. The monoisotopic (exact) mass is 261 g/mol. The van der Waals surface area contributed by atoms with Gasteiger partial charge in [-0.25, -0.2) is 0 Å². The molecule has 1 saturated heterocycles. The van der Waals surface area contributed by atoms with Gasteiger partial charge >= 0.3 is 0 Å². The van der Waals surface area contributed by atoms with Crippen LogP contribution in [0.1, 0.15) is 74.5 Å². The van der Waals surface area contributed by atoms with Crippen molar-refractivity contribution in [2.45, 2.75) is 63.2 Å². The van der Waals surface area contributed by atoms with E-state index in [0.29, 0.717) is 5.92 Å². The molecule has 1 saturated carbocycles. The first kappa shape index (κ1) is 13.2. The molecule has 0 bridgehead atoms. The zero-order valence-electron chi connectivity index (χ0n) is 12.2. The molecule has 3 rings (SSSR count). The largest absolute Gasteiger partial charge is 0.316 e. The van der Waals surface area contributed by atoms with Crippen molar-refractivity contribution in [1.29, 1.82) is 0 Å². The zero-order chi connectivity index (χ0) is 13.1. The van der Waals surface area contributed by atoms with Crippen LogP contribution in [0.4, 0.5) is 0 Å². The summed E-state index contributed by atoms with van der Waals surface area (Å²) in [6.45, 7) is 2.33. The summed E-state index contributed by atoms with van der Waals surface area (Å²) < 4.78 is 2.15. The van der Waals surface area contributed by atoms with E-state index < -0.39 is 0 Å². The molecule has 3 nitrogen and oxygen atoms in total. The van der Waals surface area contributed by atoms with Gasteiger partial charge in [-0.1, -0.05) is 25.7 Å². The maximum atomic E-state index is 4.59. The lowest BCUT2D eigenvalue weighted by Gasteiger charge is -2.26. The molecule has 106 valence electrons. The van der Waals surface area contributed by atoms with E-state index in [-0.39, 0.29) is 0 Å². The summed E-state index contributed by atoms with van der Waals surface area (Å²) in [7, 11) is 2.13.